The van der Waals surface area contributed by atoms with Crippen molar-refractivity contribution in [3.8, 4) is 11.4 Å². The summed E-state index contributed by atoms with van der Waals surface area (Å²) in [6.07, 6.45) is 12.1. The molecule has 1 aromatic carbocycles. The highest BCUT2D eigenvalue weighted by Gasteiger charge is 2.38. The molecule has 2 aliphatic rings. The maximum Gasteiger partial charge on any atom is 0.263 e. The Morgan fingerprint density at radius 1 is 1.19 bits per heavy atom. The van der Waals surface area contributed by atoms with Crippen molar-refractivity contribution in [3.05, 3.63) is 87.1 Å². The van der Waals surface area contributed by atoms with Gasteiger partial charge < -0.3 is 0 Å². The lowest BCUT2D eigenvalue weighted by molar-refractivity contribution is 0.0971. The zero-order valence-corrected chi connectivity index (χ0v) is 19.1. The van der Waals surface area contributed by atoms with Crippen molar-refractivity contribution in [1.29, 1.82) is 0 Å². The first-order valence-electron chi connectivity index (χ1n) is 10.1. The van der Waals surface area contributed by atoms with E-state index < -0.39 is 4.22 Å². The molecule has 0 fully saturated rings. The number of ketones is 1. The smallest absolute Gasteiger partial charge is 0.263 e. The summed E-state index contributed by atoms with van der Waals surface area (Å²) in [6.45, 7) is 0.407. The minimum Gasteiger partial charge on any atom is -0.293 e. The highest BCUT2D eigenvalue weighted by Crippen LogP contribution is 2.40. The van der Waals surface area contributed by atoms with Gasteiger partial charge in [-0.2, -0.15) is 0 Å². The standard InChI is InChI=1S/C24H18BBrN2O2S/c25-24(26)13-12-17-18-22(31-19(17)20(24)29)27-21(16-10-6-3-7-11-16)28(23(18)30)14-15-8-4-1-2-5-9-15/h1,3-11H,2,12-14H2. The number of aryl methyl sites for hydroxylation is 1. The van der Waals surface area contributed by atoms with Gasteiger partial charge >= 0.3 is 0 Å². The minimum atomic E-state index is -1.08. The molecule has 5 rings (SSSR count). The monoisotopic (exact) mass is 488 g/mol. The number of benzene rings is 1. The Labute approximate surface area is 193 Å². The summed E-state index contributed by atoms with van der Waals surface area (Å²) in [7, 11) is 6.13. The third-order valence-electron chi connectivity index (χ3n) is 5.66. The molecular weight excluding hydrogens is 471 g/mol. The predicted octanol–water partition coefficient (Wildman–Crippen LogP) is 4.96. The molecule has 0 amide bonds. The first kappa shape index (κ1) is 20.4. The number of nitrogens with zero attached hydrogens (tertiary/aromatic N) is 2. The van der Waals surface area contributed by atoms with E-state index in [1.807, 2.05) is 48.6 Å². The fourth-order valence-corrected chi connectivity index (χ4v) is 5.80. The maximum absolute atomic E-state index is 13.8. The second-order valence-corrected chi connectivity index (χ2v) is 10.2. The van der Waals surface area contributed by atoms with E-state index in [-0.39, 0.29) is 11.3 Å². The van der Waals surface area contributed by atoms with Crippen molar-refractivity contribution < 1.29 is 4.79 Å². The first-order chi connectivity index (χ1) is 15.0. The molecule has 2 radical (unpaired) electrons. The number of allylic oxidation sites excluding steroid dienone is 6. The molecule has 1 unspecified atom stereocenters. The fraction of sp³-hybridized carbons (Fsp3) is 0.208. The molecule has 2 aliphatic carbocycles. The molecule has 3 aromatic rings. The van der Waals surface area contributed by atoms with Crippen LogP contribution in [0.4, 0.5) is 0 Å². The number of rotatable bonds is 3. The van der Waals surface area contributed by atoms with Gasteiger partial charge in [-0.3, -0.25) is 14.2 Å². The van der Waals surface area contributed by atoms with Crippen LogP contribution < -0.4 is 5.56 Å². The summed E-state index contributed by atoms with van der Waals surface area (Å²) in [4.78, 5) is 32.7. The Kier molecular flexibility index (Phi) is 5.18. The van der Waals surface area contributed by atoms with E-state index in [2.05, 4.69) is 28.1 Å². The van der Waals surface area contributed by atoms with Crippen LogP contribution in [-0.4, -0.2) is 27.4 Å². The lowest BCUT2D eigenvalue weighted by Gasteiger charge is -2.26. The fourth-order valence-electron chi connectivity index (χ4n) is 4.04. The van der Waals surface area contributed by atoms with Gasteiger partial charge in [0.25, 0.3) is 5.56 Å². The van der Waals surface area contributed by atoms with Crippen molar-refractivity contribution >= 4 is 51.1 Å². The number of Topliss-reactive ketones (excluding diaryl/α,β-unsaturated/α-hetero) is 1. The first-order valence-corrected chi connectivity index (χ1v) is 11.7. The van der Waals surface area contributed by atoms with Crippen LogP contribution in [0.25, 0.3) is 21.6 Å². The normalized spacial score (nSPS) is 20.5. The highest BCUT2D eigenvalue weighted by molar-refractivity contribution is 9.10. The number of hydrogen-bond acceptors (Lipinski definition) is 4. The summed E-state index contributed by atoms with van der Waals surface area (Å²) >= 11 is 4.62. The summed E-state index contributed by atoms with van der Waals surface area (Å²) < 4.78 is 0.646. The van der Waals surface area contributed by atoms with E-state index >= 15 is 0 Å². The molecule has 0 saturated heterocycles. The lowest BCUT2D eigenvalue weighted by Crippen LogP contribution is -2.36. The largest absolute Gasteiger partial charge is 0.293 e. The van der Waals surface area contributed by atoms with Gasteiger partial charge in [-0.05, 0) is 30.4 Å². The second kappa shape index (κ2) is 7.88. The minimum absolute atomic E-state index is 0.115. The van der Waals surface area contributed by atoms with Crippen molar-refractivity contribution in [2.75, 3.05) is 0 Å². The second-order valence-electron chi connectivity index (χ2n) is 7.78. The number of carbonyl (C=O) groups is 1. The van der Waals surface area contributed by atoms with Gasteiger partial charge in [0.05, 0.1) is 21.0 Å². The molecule has 0 N–H and O–H groups in total. The molecular formula is C24H18BBrN2O2S. The van der Waals surface area contributed by atoms with Crippen LogP contribution in [0.5, 0.6) is 0 Å². The summed E-state index contributed by atoms with van der Waals surface area (Å²) in [5.41, 5.74) is 2.55. The zero-order chi connectivity index (χ0) is 21.6. The van der Waals surface area contributed by atoms with Gasteiger partial charge in [-0.1, -0.05) is 76.6 Å². The highest BCUT2D eigenvalue weighted by atomic mass is 79.9. The van der Waals surface area contributed by atoms with Crippen LogP contribution in [0.1, 0.15) is 28.1 Å². The van der Waals surface area contributed by atoms with Crippen molar-refractivity contribution in [2.45, 2.75) is 30.0 Å². The summed E-state index contributed by atoms with van der Waals surface area (Å²) in [5, 5.41) is 0.546. The van der Waals surface area contributed by atoms with Crippen molar-refractivity contribution in [1.82, 2.24) is 9.55 Å². The summed E-state index contributed by atoms with van der Waals surface area (Å²) in [6, 6.07) is 9.69. The van der Waals surface area contributed by atoms with Crippen LogP contribution in [0.3, 0.4) is 0 Å². The quantitative estimate of drug-likeness (QED) is 0.387. The zero-order valence-electron chi connectivity index (χ0n) is 16.7. The van der Waals surface area contributed by atoms with Gasteiger partial charge in [0.2, 0.25) is 0 Å². The topological polar surface area (TPSA) is 52.0 Å². The average Bonchev–Trinajstić information content (AvgIpc) is 2.94. The molecule has 4 nitrogen and oxygen atoms in total. The van der Waals surface area contributed by atoms with Gasteiger partial charge in [0.15, 0.2) is 5.78 Å². The Hall–Kier alpha value is -2.51. The Morgan fingerprint density at radius 3 is 2.81 bits per heavy atom. The van der Waals surface area contributed by atoms with E-state index in [4.69, 9.17) is 12.8 Å². The SMILES string of the molecule is [B]C1(Br)CCc2c(sc3nc(-c4ccccc4)n(CC4=CC=CCC=C4)c(=O)c23)C1=O. The van der Waals surface area contributed by atoms with E-state index in [0.717, 1.165) is 23.1 Å². The van der Waals surface area contributed by atoms with Gasteiger partial charge in [0.1, 0.15) is 18.5 Å². The molecule has 0 saturated carbocycles. The van der Waals surface area contributed by atoms with Crippen LogP contribution in [0.2, 0.25) is 0 Å². The molecule has 7 heteroatoms. The lowest BCUT2D eigenvalue weighted by atomic mass is 9.74. The molecule has 2 aromatic heterocycles. The predicted molar refractivity (Wildman–Crippen MR) is 130 cm³/mol. The van der Waals surface area contributed by atoms with Gasteiger partial charge in [0, 0.05) is 5.56 Å². The van der Waals surface area contributed by atoms with Gasteiger partial charge in [-0.25, -0.2) is 4.98 Å². The number of thiophene rings is 1. The van der Waals surface area contributed by atoms with Crippen LogP contribution in [0, 0.1) is 0 Å². The van der Waals surface area contributed by atoms with E-state index in [1.54, 1.807) is 4.57 Å². The Bertz CT molecular complexity index is 1350. The molecule has 2 heterocycles. The molecule has 31 heavy (non-hydrogen) atoms. The number of halogens is 1. The number of alkyl halides is 1. The molecule has 152 valence electrons. The number of carbonyl (C=O) groups excluding carboxylic acids is 1. The van der Waals surface area contributed by atoms with Crippen LogP contribution >= 0.6 is 27.3 Å². The third kappa shape index (κ3) is 3.60. The molecule has 0 aliphatic heterocycles. The molecule has 0 bridgehead atoms. The average molecular weight is 489 g/mol. The molecule has 0 spiro atoms. The van der Waals surface area contributed by atoms with E-state index in [0.29, 0.717) is 40.3 Å². The number of fused-ring (bicyclic) bond motifs is 3. The van der Waals surface area contributed by atoms with E-state index in [1.165, 1.54) is 11.3 Å². The van der Waals surface area contributed by atoms with E-state index in [9.17, 15) is 9.59 Å². The Morgan fingerprint density at radius 2 is 2.00 bits per heavy atom. The number of aromatic nitrogens is 2. The van der Waals surface area contributed by atoms with Crippen LogP contribution in [0.15, 0.2) is 71.1 Å². The van der Waals surface area contributed by atoms with Crippen molar-refractivity contribution in [3.63, 3.8) is 0 Å². The molecule has 1 atom stereocenters. The third-order valence-corrected chi connectivity index (χ3v) is 7.54. The summed E-state index contributed by atoms with van der Waals surface area (Å²) in [5.74, 6) is 0.424. The van der Waals surface area contributed by atoms with Gasteiger partial charge in [-0.15, -0.1) is 11.3 Å². The van der Waals surface area contributed by atoms with Crippen molar-refractivity contribution in [2.24, 2.45) is 0 Å². The van der Waals surface area contributed by atoms with Crippen LogP contribution in [-0.2, 0) is 13.0 Å². The Balaban J connectivity index is 1.76. The maximum atomic E-state index is 13.8. The number of hydrogen-bond donors (Lipinski definition) is 0.